The molecule has 190 valence electrons. The highest BCUT2D eigenvalue weighted by Crippen LogP contribution is 2.40. The van der Waals surface area contributed by atoms with Gasteiger partial charge in [0.1, 0.15) is 5.82 Å². The molecule has 3 N–H and O–H groups in total. The van der Waals surface area contributed by atoms with Gasteiger partial charge >= 0.3 is 0 Å². The topological polar surface area (TPSA) is 81.5 Å². The van der Waals surface area contributed by atoms with E-state index in [-0.39, 0.29) is 19.3 Å². The summed E-state index contributed by atoms with van der Waals surface area (Å²) in [6.45, 7) is 0.587. The lowest BCUT2D eigenvalue weighted by atomic mass is 10.1. The molecule has 38 heavy (non-hydrogen) atoms. The molecule has 0 saturated heterocycles. The number of rotatable bonds is 8. The van der Waals surface area contributed by atoms with Crippen LogP contribution in [0, 0.1) is 0 Å². The third-order valence-corrected chi connectivity index (χ3v) is 8.10. The summed E-state index contributed by atoms with van der Waals surface area (Å²) in [4.78, 5) is 14.1. The standard InChI is InChI=1S/C31H28N4O2S/c36-19-23-11-3-8-16-29(23)38-28-15-7-2-10-22(28)18-32-31-33-26-13-5-4-12-25(26)30(34-31)35-24(20-37)17-21-9-1-6-14-27(21)35/h1-16,24,36-37H,17-20H2,(H,32,33,34). The molecule has 1 atom stereocenters. The number of benzene rings is 4. The van der Waals surface area contributed by atoms with E-state index >= 15 is 0 Å². The number of para-hydroxylation sites is 2. The van der Waals surface area contributed by atoms with Gasteiger partial charge in [-0.15, -0.1) is 0 Å². The minimum absolute atomic E-state index is 0.00571. The second kappa shape index (κ2) is 10.8. The van der Waals surface area contributed by atoms with E-state index in [4.69, 9.17) is 9.97 Å². The SMILES string of the molecule is OCc1ccccc1Sc1ccccc1CNc1nc(N2c3ccccc3CC2CO)c2ccccc2n1. The van der Waals surface area contributed by atoms with Crippen LogP contribution in [0.2, 0.25) is 0 Å². The summed E-state index contributed by atoms with van der Waals surface area (Å²) in [7, 11) is 0. The maximum Gasteiger partial charge on any atom is 0.225 e. The van der Waals surface area contributed by atoms with Gasteiger partial charge in [-0.2, -0.15) is 4.98 Å². The van der Waals surface area contributed by atoms with Gasteiger partial charge < -0.3 is 20.4 Å². The van der Waals surface area contributed by atoms with Gasteiger partial charge in [-0.25, -0.2) is 4.98 Å². The molecule has 5 aromatic rings. The number of aliphatic hydroxyl groups excluding tert-OH is 2. The van der Waals surface area contributed by atoms with Gasteiger partial charge in [-0.3, -0.25) is 0 Å². The van der Waals surface area contributed by atoms with Crippen molar-refractivity contribution < 1.29 is 10.2 Å². The highest BCUT2D eigenvalue weighted by molar-refractivity contribution is 7.99. The molecule has 1 aliphatic rings. The number of nitrogens with zero attached hydrogens (tertiary/aromatic N) is 3. The van der Waals surface area contributed by atoms with Crippen LogP contribution >= 0.6 is 11.8 Å². The predicted molar refractivity (Wildman–Crippen MR) is 153 cm³/mol. The summed E-state index contributed by atoms with van der Waals surface area (Å²) in [5, 5.41) is 24.4. The van der Waals surface area contributed by atoms with E-state index in [0.29, 0.717) is 12.5 Å². The van der Waals surface area contributed by atoms with Crippen LogP contribution in [0.3, 0.4) is 0 Å². The first-order valence-corrected chi connectivity index (χ1v) is 13.5. The molecular weight excluding hydrogens is 492 g/mol. The molecule has 4 aromatic carbocycles. The van der Waals surface area contributed by atoms with E-state index < -0.39 is 0 Å². The lowest BCUT2D eigenvalue weighted by Crippen LogP contribution is -2.31. The van der Waals surface area contributed by atoms with Crippen LogP contribution in [-0.4, -0.2) is 32.8 Å². The zero-order chi connectivity index (χ0) is 25.9. The second-order valence-corrected chi connectivity index (χ2v) is 10.3. The number of aromatic nitrogens is 2. The number of fused-ring (bicyclic) bond motifs is 2. The zero-order valence-electron chi connectivity index (χ0n) is 20.8. The minimum atomic E-state index is -0.0812. The number of aliphatic hydroxyl groups is 2. The summed E-state index contributed by atoms with van der Waals surface area (Å²) >= 11 is 1.65. The molecule has 0 radical (unpaired) electrons. The normalized spacial score (nSPS) is 14.6. The zero-order valence-corrected chi connectivity index (χ0v) is 21.6. The van der Waals surface area contributed by atoms with E-state index in [0.717, 1.165) is 49.7 Å². The van der Waals surface area contributed by atoms with E-state index in [1.807, 2.05) is 72.8 Å². The van der Waals surface area contributed by atoms with Crippen LogP contribution in [0.1, 0.15) is 16.7 Å². The van der Waals surface area contributed by atoms with Crippen LogP contribution in [0.25, 0.3) is 10.9 Å². The largest absolute Gasteiger partial charge is 0.394 e. The van der Waals surface area contributed by atoms with Crippen molar-refractivity contribution in [1.29, 1.82) is 0 Å². The molecule has 2 heterocycles. The summed E-state index contributed by atoms with van der Waals surface area (Å²) in [5.41, 5.74) is 5.15. The molecule has 1 aliphatic heterocycles. The fraction of sp³-hybridized carbons (Fsp3) is 0.161. The first-order chi connectivity index (χ1) is 18.7. The van der Waals surface area contributed by atoms with E-state index in [9.17, 15) is 10.2 Å². The molecule has 0 bridgehead atoms. The van der Waals surface area contributed by atoms with Crippen molar-refractivity contribution in [2.24, 2.45) is 0 Å². The molecule has 0 aliphatic carbocycles. The minimum Gasteiger partial charge on any atom is -0.394 e. The molecule has 1 unspecified atom stereocenters. The molecule has 0 amide bonds. The summed E-state index contributed by atoms with van der Waals surface area (Å²) in [5.74, 6) is 1.33. The van der Waals surface area contributed by atoms with Gasteiger partial charge in [-0.05, 0) is 53.4 Å². The van der Waals surface area contributed by atoms with Crippen molar-refractivity contribution >= 4 is 40.1 Å². The second-order valence-electron chi connectivity index (χ2n) is 9.26. The van der Waals surface area contributed by atoms with E-state index in [1.54, 1.807) is 11.8 Å². The van der Waals surface area contributed by atoms with Crippen LogP contribution < -0.4 is 10.2 Å². The first-order valence-electron chi connectivity index (χ1n) is 12.7. The van der Waals surface area contributed by atoms with Gasteiger partial charge in [0.25, 0.3) is 0 Å². The molecule has 0 spiro atoms. The van der Waals surface area contributed by atoms with Crippen molar-refractivity contribution in [2.75, 3.05) is 16.8 Å². The Kier molecular flexibility index (Phi) is 6.96. The van der Waals surface area contributed by atoms with E-state index in [1.165, 1.54) is 5.56 Å². The van der Waals surface area contributed by atoms with Gasteiger partial charge in [0.2, 0.25) is 5.95 Å². The highest BCUT2D eigenvalue weighted by Gasteiger charge is 2.32. The quantitative estimate of drug-likeness (QED) is 0.234. The molecule has 7 heteroatoms. The molecular formula is C31H28N4O2S. The van der Waals surface area contributed by atoms with Crippen molar-refractivity contribution in [2.45, 2.75) is 35.4 Å². The van der Waals surface area contributed by atoms with Crippen molar-refractivity contribution in [3.63, 3.8) is 0 Å². The fourth-order valence-electron chi connectivity index (χ4n) is 4.99. The van der Waals surface area contributed by atoms with Crippen LogP contribution in [0.4, 0.5) is 17.5 Å². The van der Waals surface area contributed by atoms with Crippen molar-refractivity contribution in [3.05, 3.63) is 114 Å². The molecule has 0 saturated carbocycles. The third kappa shape index (κ3) is 4.72. The summed E-state index contributed by atoms with van der Waals surface area (Å²) in [6, 6.07) is 32.3. The van der Waals surface area contributed by atoms with Crippen LogP contribution in [0.15, 0.2) is 107 Å². The van der Waals surface area contributed by atoms with Gasteiger partial charge in [-0.1, -0.05) is 78.5 Å². The Balaban J connectivity index is 1.33. The average molecular weight is 521 g/mol. The lowest BCUT2D eigenvalue weighted by Gasteiger charge is -2.27. The average Bonchev–Trinajstić information content (AvgIpc) is 3.35. The predicted octanol–water partition coefficient (Wildman–Crippen LogP) is 5.94. The number of hydrogen-bond donors (Lipinski definition) is 3. The van der Waals surface area contributed by atoms with Crippen LogP contribution in [-0.2, 0) is 19.6 Å². The van der Waals surface area contributed by atoms with E-state index in [2.05, 4.69) is 34.5 Å². The Morgan fingerprint density at radius 1 is 0.789 bits per heavy atom. The Labute approximate surface area is 226 Å². The number of hydrogen-bond acceptors (Lipinski definition) is 7. The Hall–Kier alpha value is -3.91. The maximum atomic E-state index is 10.2. The van der Waals surface area contributed by atoms with Crippen molar-refractivity contribution in [3.8, 4) is 0 Å². The van der Waals surface area contributed by atoms with Gasteiger partial charge in [0.15, 0.2) is 0 Å². The van der Waals surface area contributed by atoms with Gasteiger partial charge in [0.05, 0.1) is 24.8 Å². The monoisotopic (exact) mass is 520 g/mol. The van der Waals surface area contributed by atoms with Crippen LogP contribution in [0.5, 0.6) is 0 Å². The smallest absolute Gasteiger partial charge is 0.225 e. The fourth-order valence-corrected chi connectivity index (χ4v) is 6.06. The maximum absolute atomic E-state index is 10.2. The number of anilines is 3. The summed E-state index contributed by atoms with van der Waals surface area (Å²) in [6.07, 6.45) is 0.772. The Bertz CT molecular complexity index is 1590. The van der Waals surface area contributed by atoms with Crippen molar-refractivity contribution in [1.82, 2.24) is 9.97 Å². The molecule has 1 aromatic heterocycles. The lowest BCUT2D eigenvalue weighted by molar-refractivity contribution is 0.268. The Morgan fingerprint density at radius 2 is 1.47 bits per heavy atom. The summed E-state index contributed by atoms with van der Waals surface area (Å²) < 4.78 is 0. The Morgan fingerprint density at radius 3 is 2.29 bits per heavy atom. The molecule has 0 fully saturated rings. The molecule has 6 nitrogen and oxygen atoms in total. The first kappa shape index (κ1) is 24.4. The number of nitrogens with one attached hydrogen (secondary N) is 1. The molecule has 6 rings (SSSR count). The van der Waals surface area contributed by atoms with Gasteiger partial charge in [0, 0.05) is 27.4 Å². The highest BCUT2D eigenvalue weighted by atomic mass is 32.2. The third-order valence-electron chi connectivity index (χ3n) is 6.87.